The summed E-state index contributed by atoms with van der Waals surface area (Å²) in [6.07, 6.45) is 6.38. The molecule has 3 rings (SSSR count). The Balaban J connectivity index is 2.27. The van der Waals surface area contributed by atoms with Gasteiger partial charge in [0.2, 0.25) is 0 Å². The van der Waals surface area contributed by atoms with E-state index in [4.69, 9.17) is 29.9 Å². The molecule has 0 N–H and O–H groups in total. The van der Waals surface area contributed by atoms with Crippen LogP contribution in [0.1, 0.15) is 77.2 Å². The van der Waals surface area contributed by atoms with Crippen molar-refractivity contribution in [3.05, 3.63) is 51.0 Å². The van der Waals surface area contributed by atoms with Gasteiger partial charge in [-0.25, -0.2) is 4.79 Å². The summed E-state index contributed by atoms with van der Waals surface area (Å²) in [6, 6.07) is 1.75. The Morgan fingerprint density at radius 2 is 1.57 bits per heavy atom. The highest BCUT2D eigenvalue weighted by Crippen LogP contribution is 2.46. The molecular weight excluding hydrogens is 562 g/mol. The summed E-state index contributed by atoms with van der Waals surface area (Å²) in [4.78, 5) is 25.8. The first-order chi connectivity index (χ1) is 18.3. The van der Waals surface area contributed by atoms with Gasteiger partial charge >= 0.3 is 5.97 Å². The molecule has 1 saturated heterocycles. The predicted molar refractivity (Wildman–Crippen MR) is 167 cm³/mol. The maximum atomic E-state index is 13.9. The number of halogens is 1. The third-order valence-electron chi connectivity index (χ3n) is 8.62. The fourth-order valence-corrected chi connectivity index (χ4v) is 6.29. The smallest absolute Gasteiger partial charge is 0.342 e. The number of cyclic esters (lactones) is 1. The van der Waals surface area contributed by atoms with Crippen molar-refractivity contribution in [1.29, 1.82) is 0 Å². The van der Waals surface area contributed by atoms with E-state index >= 15 is 0 Å². The third kappa shape index (κ3) is 7.46. The van der Waals surface area contributed by atoms with Gasteiger partial charge in [-0.2, -0.15) is 0 Å². The van der Waals surface area contributed by atoms with E-state index in [2.05, 4.69) is 72.9 Å². The number of epoxide rings is 1. The minimum Gasteiger partial charge on any atom is -0.543 e. The second kappa shape index (κ2) is 11.7. The molecule has 2 aliphatic rings. The number of nitrogens with zero attached hydrogens (tertiary/aromatic N) is 1. The van der Waals surface area contributed by atoms with Gasteiger partial charge in [0.1, 0.15) is 29.3 Å². The lowest BCUT2D eigenvalue weighted by Gasteiger charge is -2.39. The Hall–Kier alpha value is -1.95. The van der Waals surface area contributed by atoms with E-state index in [1.165, 1.54) is 0 Å². The number of rotatable bonds is 5. The third-order valence-corrected chi connectivity index (χ3v) is 17.7. The van der Waals surface area contributed by atoms with Gasteiger partial charge in [-0.15, -0.1) is 4.91 Å². The van der Waals surface area contributed by atoms with Crippen molar-refractivity contribution in [2.24, 2.45) is 5.18 Å². The van der Waals surface area contributed by atoms with Crippen LogP contribution in [0.25, 0.3) is 0 Å². The Kier molecular flexibility index (Phi) is 9.56. The molecule has 0 saturated carbocycles. The van der Waals surface area contributed by atoms with Gasteiger partial charge in [0.15, 0.2) is 0 Å². The summed E-state index contributed by atoms with van der Waals surface area (Å²) in [5.74, 6) is 0.267. The van der Waals surface area contributed by atoms with E-state index in [1.807, 2.05) is 19.1 Å². The fourth-order valence-electron chi connectivity index (χ4n) is 3.93. The molecule has 1 aromatic rings. The molecular formula is C30H46ClNO6Si2. The van der Waals surface area contributed by atoms with Crippen molar-refractivity contribution in [1.82, 2.24) is 0 Å². The lowest BCUT2D eigenvalue weighted by Crippen LogP contribution is -2.45. The molecule has 7 nitrogen and oxygen atoms in total. The monoisotopic (exact) mass is 607 g/mol. The minimum absolute atomic E-state index is 0.0130. The highest BCUT2D eigenvalue weighted by molar-refractivity contribution is 6.75. The van der Waals surface area contributed by atoms with E-state index < -0.39 is 28.7 Å². The maximum Gasteiger partial charge on any atom is 0.342 e. The maximum absolute atomic E-state index is 13.9. The van der Waals surface area contributed by atoms with Crippen molar-refractivity contribution in [2.75, 3.05) is 0 Å². The first kappa shape index (κ1) is 32.6. The van der Waals surface area contributed by atoms with Gasteiger partial charge in [0, 0.05) is 18.9 Å². The topological polar surface area (TPSA) is 86.7 Å². The molecule has 2 aliphatic heterocycles. The molecule has 0 aromatic heterocycles. The van der Waals surface area contributed by atoms with Crippen LogP contribution >= 0.6 is 11.6 Å². The van der Waals surface area contributed by atoms with Gasteiger partial charge in [0.25, 0.3) is 16.6 Å². The minimum atomic E-state index is -2.43. The Bertz CT molecular complexity index is 1200. The summed E-state index contributed by atoms with van der Waals surface area (Å²) >= 11 is 7.06. The van der Waals surface area contributed by atoms with E-state index in [0.717, 1.165) is 0 Å². The van der Waals surface area contributed by atoms with Crippen molar-refractivity contribution in [2.45, 2.75) is 122 Å². The van der Waals surface area contributed by atoms with Crippen LogP contribution in [-0.4, -0.2) is 40.9 Å². The van der Waals surface area contributed by atoms with Gasteiger partial charge in [-0.1, -0.05) is 71.4 Å². The van der Waals surface area contributed by atoms with Gasteiger partial charge < -0.3 is 18.3 Å². The highest BCUT2D eigenvalue weighted by atomic mass is 35.5. The zero-order valence-corrected chi connectivity index (χ0v) is 28.7. The van der Waals surface area contributed by atoms with Crippen LogP contribution in [0.4, 0.5) is 0 Å². The summed E-state index contributed by atoms with van der Waals surface area (Å²) in [6.45, 7) is 23.2. The van der Waals surface area contributed by atoms with E-state index in [-0.39, 0.29) is 45.0 Å². The number of carbonyl (C=O) groups excluding carboxylic acids is 1. The molecule has 222 valence electrons. The number of benzene rings is 1. The number of esters is 1. The average molecular weight is 608 g/mol. The molecule has 0 bridgehead atoms. The van der Waals surface area contributed by atoms with Crippen molar-refractivity contribution in [3.63, 3.8) is 0 Å². The summed E-state index contributed by atoms with van der Waals surface area (Å²) < 4.78 is 25.1. The first-order valence-corrected chi connectivity index (χ1v) is 20.3. The Morgan fingerprint density at radius 3 is 2.12 bits per heavy atom. The number of hydrogen-bond acceptors (Lipinski definition) is 7. The van der Waals surface area contributed by atoms with E-state index in [1.54, 1.807) is 12.1 Å². The molecule has 1 fully saturated rings. The number of allylic oxidation sites excluding steroid dienone is 3. The number of ether oxygens (including phenoxy) is 2. The molecule has 2 heterocycles. The lowest BCUT2D eigenvalue weighted by atomic mass is 10.00. The quantitative estimate of drug-likeness (QED) is 0.109. The highest BCUT2D eigenvalue weighted by Gasteiger charge is 2.43. The first-order valence-electron chi connectivity index (χ1n) is 14.1. The van der Waals surface area contributed by atoms with Crippen LogP contribution in [0.2, 0.25) is 41.3 Å². The standard InChI is InChI=1S/C30H46ClNO6Si2/c1-19-16-23-22(36-23)15-13-12-14-20(32-34)17-21-26(28(33)35-19)24(37-39(8,9)29(2,3)4)18-25(27(21)31)38-40(10,11)30(5,6)7/h13-15,18-19,22-23H,12,16-17H2,1-11H3. The van der Waals surface area contributed by atoms with Crippen LogP contribution in [0.5, 0.6) is 11.5 Å². The molecule has 0 radical (unpaired) electrons. The molecule has 0 aliphatic carbocycles. The van der Waals surface area contributed by atoms with Gasteiger partial charge in [-0.05, 0) is 60.3 Å². The SMILES string of the molecule is CC1CC2OC2C=CCC=C(N=O)Cc2c(Cl)c(O[Si](C)(C)C(C)(C)C)cc(O[Si](C)(C)C(C)(C)C)c2C(=O)O1. The summed E-state index contributed by atoms with van der Waals surface area (Å²) in [5, 5.41) is 3.32. The number of nitroso groups, excluding NO2 is 1. The second-order valence-corrected chi connectivity index (χ2v) is 23.8. The second-order valence-electron chi connectivity index (χ2n) is 14.0. The molecule has 3 unspecified atom stereocenters. The van der Waals surface area contributed by atoms with Crippen molar-refractivity contribution in [3.8, 4) is 11.5 Å². The number of carbonyl (C=O) groups is 1. The Labute approximate surface area is 246 Å². The molecule has 40 heavy (non-hydrogen) atoms. The zero-order valence-electron chi connectivity index (χ0n) is 25.9. The van der Waals surface area contributed by atoms with E-state index in [0.29, 0.717) is 29.9 Å². The number of fused-ring (bicyclic) bond motifs is 2. The molecule has 1 aromatic carbocycles. The largest absolute Gasteiger partial charge is 0.543 e. The van der Waals surface area contributed by atoms with Crippen LogP contribution in [0, 0.1) is 4.91 Å². The average Bonchev–Trinajstić information content (AvgIpc) is 3.53. The molecule has 10 heteroatoms. The van der Waals surface area contributed by atoms with E-state index in [9.17, 15) is 9.70 Å². The molecule has 3 atom stereocenters. The van der Waals surface area contributed by atoms with Crippen LogP contribution < -0.4 is 8.85 Å². The predicted octanol–water partition coefficient (Wildman–Crippen LogP) is 8.96. The fraction of sp³-hybridized carbons (Fsp3) is 0.633. The summed E-state index contributed by atoms with van der Waals surface area (Å²) in [7, 11) is -4.76. The molecule has 0 amide bonds. The van der Waals surface area contributed by atoms with Crippen LogP contribution in [0.15, 0.2) is 35.2 Å². The van der Waals surface area contributed by atoms with Crippen LogP contribution in [0.3, 0.4) is 0 Å². The zero-order chi connectivity index (χ0) is 30.3. The van der Waals surface area contributed by atoms with Gasteiger partial charge in [0.05, 0.1) is 16.8 Å². The summed E-state index contributed by atoms with van der Waals surface area (Å²) in [5.41, 5.74) is 0.914. The molecule has 0 spiro atoms. The van der Waals surface area contributed by atoms with Crippen molar-refractivity contribution < 1.29 is 23.1 Å². The Morgan fingerprint density at radius 1 is 1.00 bits per heavy atom. The lowest BCUT2D eigenvalue weighted by molar-refractivity contribution is 0.0306. The van der Waals surface area contributed by atoms with Gasteiger partial charge in [-0.3, -0.25) is 0 Å². The van der Waals surface area contributed by atoms with Crippen molar-refractivity contribution >= 4 is 34.2 Å². The van der Waals surface area contributed by atoms with Crippen LogP contribution in [-0.2, 0) is 15.9 Å². The number of hydrogen-bond donors (Lipinski definition) is 0. The normalized spacial score (nSPS) is 22.8.